The summed E-state index contributed by atoms with van der Waals surface area (Å²) in [5.41, 5.74) is 9.97. The van der Waals surface area contributed by atoms with Crippen molar-refractivity contribution in [1.29, 1.82) is 0 Å². The van der Waals surface area contributed by atoms with Crippen LogP contribution in [0.2, 0.25) is 0 Å². The normalized spacial score (nSPS) is 12.3. The van der Waals surface area contributed by atoms with Crippen molar-refractivity contribution in [2.24, 2.45) is 10.7 Å². The number of benzene rings is 2. The van der Waals surface area contributed by atoms with Gasteiger partial charge in [0.25, 0.3) is 5.17 Å². The maximum atomic E-state index is 11.6. The topological polar surface area (TPSA) is 85.0 Å². The molecular formula is C22H29N3O3S2. The highest BCUT2D eigenvalue weighted by Gasteiger charge is 2.11. The first kappa shape index (κ1) is 24.0. The fourth-order valence-corrected chi connectivity index (χ4v) is 3.67. The van der Waals surface area contributed by atoms with Gasteiger partial charge in [-0.05, 0) is 93.1 Å². The van der Waals surface area contributed by atoms with E-state index in [2.05, 4.69) is 36.9 Å². The Hall–Kier alpha value is -2.29. The summed E-state index contributed by atoms with van der Waals surface area (Å²) in [5, 5.41) is 0.000607. The number of rotatable bonds is 7. The molecule has 0 saturated carbocycles. The highest BCUT2D eigenvalue weighted by molar-refractivity contribution is 7.90. The number of nitrogens with two attached hydrogens (primary N) is 1. The zero-order chi connectivity index (χ0) is 22.5. The van der Waals surface area contributed by atoms with Gasteiger partial charge in [0.15, 0.2) is 9.84 Å². The van der Waals surface area contributed by atoms with Crippen LogP contribution < -0.4 is 10.5 Å². The average Bonchev–Trinajstić information content (AvgIpc) is 2.68. The van der Waals surface area contributed by atoms with Crippen molar-refractivity contribution in [2.75, 3.05) is 26.4 Å². The van der Waals surface area contributed by atoms with Crippen LogP contribution in [0, 0.1) is 13.8 Å². The average molecular weight is 448 g/mol. The lowest BCUT2D eigenvalue weighted by Crippen LogP contribution is -2.20. The van der Waals surface area contributed by atoms with E-state index in [0.29, 0.717) is 11.3 Å². The first-order valence-corrected chi connectivity index (χ1v) is 12.0. The van der Waals surface area contributed by atoms with Gasteiger partial charge in [-0.15, -0.1) is 0 Å². The second kappa shape index (κ2) is 10.1. The zero-order valence-electron chi connectivity index (χ0n) is 18.1. The van der Waals surface area contributed by atoms with E-state index in [1.54, 1.807) is 12.1 Å². The van der Waals surface area contributed by atoms with Crippen LogP contribution >= 0.6 is 12.2 Å². The van der Waals surface area contributed by atoms with Gasteiger partial charge in [-0.25, -0.2) is 8.42 Å². The third-order valence-electron chi connectivity index (χ3n) is 4.92. The highest BCUT2D eigenvalue weighted by Crippen LogP contribution is 2.24. The van der Waals surface area contributed by atoms with Gasteiger partial charge in [0.05, 0.1) is 4.90 Å². The molecule has 2 aromatic rings. The Labute approximate surface area is 184 Å². The number of thiocarbonyl (C=S) groups is 1. The van der Waals surface area contributed by atoms with Crippen molar-refractivity contribution in [3.63, 3.8) is 0 Å². The Morgan fingerprint density at radius 1 is 1.17 bits per heavy atom. The zero-order valence-corrected chi connectivity index (χ0v) is 19.7. The monoisotopic (exact) mass is 447 g/mol. The number of ether oxygens (including phenoxy) is 1. The third-order valence-corrected chi connectivity index (χ3v) is 6.23. The molecule has 0 atom stereocenters. The van der Waals surface area contributed by atoms with Crippen LogP contribution in [-0.2, 0) is 16.3 Å². The van der Waals surface area contributed by atoms with Crippen LogP contribution in [0.5, 0.6) is 5.75 Å². The second-order valence-electron chi connectivity index (χ2n) is 7.35. The summed E-state index contributed by atoms with van der Waals surface area (Å²) < 4.78 is 28.9. The fourth-order valence-electron chi connectivity index (χ4n) is 2.85. The van der Waals surface area contributed by atoms with Crippen LogP contribution in [0.1, 0.15) is 29.2 Å². The molecule has 0 amide bonds. The standard InChI is InChI=1S/C22H29N3O3S2/c1-6-25(4)12-11-18-13-16(3)20(14-15(18)2)28-22(29)24-21(23)17-7-9-19(10-8-17)30(5,26)27/h7-10,13-14H,6,11-12H2,1-5H3,(H2,23,24,29). The largest absolute Gasteiger partial charge is 0.430 e. The smallest absolute Gasteiger partial charge is 0.290 e. The number of sulfone groups is 1. The molecule has 6 nitrogen and oxygen atoms in total. The minimum Gasteiger partial charge on any atom is -0.430 e. The van der Waals surface area contributed by atoms with Gasteiger partial charge < -0.3 is 15.4 Å². The van der Waals surface area contributed by atoms with E-state index < -0.39 is 9.84 Å². The predicted molar refractivity (Wildman–Crippen MR) is 126 cm³/mol. The lowest BCUT2D eigenvalue weighted by atomic mass is 10.0. The lowest BCUT2D eigenvalue weighted by Gasteiger charge is -2.16. The van der Waals surface area contributed by atoms with Gasteiger partial charge >= 0.3 is 0 Å². The number of likely N-dealkylation sites (N-methyl/N-ethyl adjacent to an activating group) is 1. The molecule has 0 radical (unpaired) electrons. The van der Waals surface area contributed by atoms with Gasteiger partial charge in [-0.3, -0.25) is 0 Å². The molecule has 0 aromatic heterocycles. The molecule has 0 bridgehead atoms. The van der Waals surface area contributed by atoms with Gasteiger partial charge in [0, 0.05) is 18.4 Å². The highest BCUT2D eigenvalue weighted by atomic mass is 32.2. The van der Waals surface area contributed by atoms with Gasteiger partial charge in [0.2, 0.25) is 0 Å². The van der Waals surface area contributed by atoms with E-state index >= 15 is 0 Å². The maximum Gasteiger partial charge on any atom is 0.290 e. The number of aliphatic imine (C=N–C) groups is 1. The molecule has 2 rings (SSSR count). The summed E-state index contributed by atoms with van der Waals surface area (Å²) in [6, 6.07) is 10.2. The quantitative estimate of drug-likeness (QED) is 0.398. The van der Waals surface area contributed by atoms with E-state index in [-0.39, 0.29) is 15.9 Å². The molecule has 8 heteroatoms. The molecular weight excluding hydrogens is 418 g/mol. The van der Waals surface area contributed by atoms with E-state index in [9.17, 15) is 8.42 Å². The minimum atomic E-state index is -3.27. The molecule has 0 saturated heterocycles. The van der Waals surface area contributed by atoms with Crippen LogP contribution in [0.15, 0.2) is 46.3 Å². The summed E-state index contributed by atoms with van der Waals surface area (Å²) in [6.45, 7) is 8.18. The summed E-state index contributed by atoms with van der Waals surface area (Å²) in [4.78, 5) is 6.63. The molecule has 0 fully saturated rings. The van der Waals surface area contributed by atoms with E-state index in [1.165, 1.54) is 17.7 Å². The van der Waals surface area contributed by atoms with Crippen LogP contribution in [0.25, 0.3) is 0 Å². The molecule has 0 spiro atoms. The van der Waals surface area contributed by atoms with E-state index in [0.717, 1.165) is 36.9 Å². The summed E-state index contributed by atoms with van der Waals surface area (Å²) in [5.74, 6) is 0.808. The lowest BCUT2D eigenvalue weighted by molar-refractivity contribution is 0.357. The number of nitrogens with zero attached hydrogens (tertiary/aromatic N) is 2. The first-order valence-electron chi connectivity index (χ1n) is 9.66. The van der Waals surface area contributed by atoms with Crippen molar-refractivity contribution < 1.29 is 13.2 Å². The molecule has 0 heterocycles. The van der Waals surface area contributed by atoms with Crippen molar-refractivity contribution in [3.8, 4) is 5.75 Å². The number of hydrogen-bond donors (Lipinski definition) is 1. The minimum absolute atomic E-state index is 0.000607. The second-order valence-corrected chi connectivity index (χ2v) is 9.72. The molecule has 162 valence electrons. The molecule has 0 aliphatic heterocycles. The maximum absolute atomic E-state index is 11.6. The summed E-state index contributed by atoms with van der Waals surface area (Å²) in [7, 11) is -1.16. The molecule has 0 aliphatic rings. The van der Waals surface area contributed by atoms with Crippen LogP contribution in [-0.4, -0.2) is 50.7 Å². The van der Waals surface area contributed by atoms with E-state index in [4.69, 9.17) is 22.7 Å². The molecule has 2 N–H and O–H groups in total. The van der Waals surface area contributed by atoms with Crippen molar-refractivity contribution in [3.05, 3.63) is 58.7 Å². The van der Waals surface area contributed by atoms with Crippen LogP contribution in [0.4, 0.5) is 0 Å². The Bertz CT molecular complexity index is 1050. The number of aryl methyl sites for hydroxylation is 2. The Balaban J connectivity index is 2.12. The number of amidine groups is 1. The van der Waals surface area contributed by atoms with E-state index in [1.807, 2.05) is 13.0 Å². The van der Waals surface area contributed by atoms with Gasteiger partial charge in [0.1, 0.15) is 11.6 Å². The Morgan fingerprint density at radius 2 is 1.80 bits per heavy atom. The first-order chi connectivity index (χ1) is 14.0. The van der Waals surface area contributed by atoms with Gasteiger partial charge in [-0.1, -0.05) is 13.0 Å². The Morgan fingerprint density at radius 3 is 2.37 bits per heavy atom. The molecule has 0 aliphatic carbocycles. The SMILES string of the molecule is CCN(C)CCc1cc(C)c(OC(=S)N=C(N)c2ccc(S(C)(=O)=O)cc2)cc1C. The predicted octanol–water partition coefficient (Wildman–Crippen LogP) is 3.27. The summed E-state index contributed by atoms with van der Waals surface area (Å²) in [6.07, 6.45) is 2.12. The van der Waals surface area contributed by atoms with Gasteiger partial charge in [-0.2, -0.15) is 4.99 Å². The molecule has 2 aromatic carbocycles. The summed E-state index contributed by atoms with van der Waals surface area (Å²) >= 11 is 5.24. The van der Waals surface area contributed by atoms with Crippen LogP contribution in [0.3, 0.4) is 0 Å². The van der Waals surface area contributed by atoms with Crippen molar-refractivity contribution in [2.45, 2.75) is 32.1 Å². The molecule has 0 unspecified atom stereocenters. The van der Waals surface area contributed by atoms with Crippen molar-refractivity contribution >= 4 is 33.1 Å². The fraction of sp³-hybridized carbons (Fsp3) is 0.364. The van der Waals surface area contributed by atoms with Crippen molar-refractivity contribution in [1.82, 2.24) is 4.90 Å². The Kier molecular flexibility index (Phi) is 8.11. The third kappa shape index (κ3) is 6.62. The number of hydrogen-bond acceptors (Lipinski definition) is 5. The molecule has 30 heavy (non-hydrogen) atoms.